The Balaban J connectivity index is 1.70. The summed E-state index contributed by atoms with van der Waals surface area (Å²) in [4.78, 5) is 18.7. The van der Waals surface area contributed by atoms with Crippen molar-refractivity contribution in [1.82, 2.24) is 14.0 Å². The second kappa shape index (κ2) is 9.03. The number of ether oxygens (including phenoxy) is 1. The van der Waals surface area contributed by atoms with Crippen LogP contribution in [0, 0.1) is 17.5 Å². The zero-order chi connectivity index (χ0) is 25.7. The molecule has 0 spiro atoms. The van der Waals surface area contributed by atoms with E-state index in [2.05, 4.69) is 4.98 Å². The molecule has 3 aromatic heterocycles. The number of nitrogen functional groups attached to an aromatic ring is 1. The Labute approximate surface area is 208 Å². The summed E-state index contributed by atoms with van der Waals surface area (Å²) in [6.45, 7) is 0.332. The summed E-state index contributed by atoms with van der Waals surface area (Å²) in [6, 6.07) is 10.3. The number of aromatic nitrogens is 3. The number of carbonyl (C=O) groups is 1. The van der Waals surface area contributed by atoms with Crippen LogP contribution in [-0.2, 0) is 18.4 Å². The minimum Gasteiger partial charge on any atom is -0.396 e. The molecule has 184 valence electrons. The number of nitrogens with two attached hydrogens (primary N) is 1. The highest BCUT2D eigenvalue weighted by Crippen LogP contribution is 2.42. The molecule has 0 atom stereocenters. The number of carbonyl (C=O) groups excluding carboxylic acids is 1. The van der Waals surface area contributed by atoms with Crippen molar-refractivity contribution in [2.75, 3.05) is 19.1 Å². The van der Waals surface area contributed by atoms with Crippen LogP contribution >= 0.6 is 11.8 Å². The van der Waals surface area contributed by atoms with Gasteiger partial charge in [0.05, 0.1) is 22.4 Å². The highest BCUT2D eigenvalue weighted by molar-refractivity contribution is 7.98. The molecule has 0 fully saturated rings. The third kappa shape index (κ3) is 3.64. The van der Waals surface area contributed by atoms with Crippen molar-refractivity contribution in [2.45, 2.75) is 11.5 Å². The van der Waals surface area contributed by atoms with Crippen molar-refractivity contribution in [3.8, 4) is 11.1 Å². The predicted octanol–water partition coefficient (Wildman–Crippen LogP) is 5.59. The Bertz CT molecular complexity index is 1650. The van der Waals surface area contributed by atoms with Crippen molar-refractivity contribution >= 4 is 39.8 Å². The molecule has 0 amide bonds. The molecule has 0 bridgehead atoms. The Kier molecular flexibility index (Phi) is 6.01. The molecule has 0 aliphatic heterocycles. The van der Waals surface area contributed by atoms with Gasteiger partial charge in [-0.1, -0.05) is 6.07 Å². The Morgan fingerprint density at radius 3 is 2.50 bits per heavy atom. The average molecular weight is 511 g/mol. The lowest BCUT2D eigenvalue weighted by atomic mass is 10.0. The number of pyridine rings is 1. The van der Waals surface area contributed by atoms with E-state index in [0.717, 1.165) is 27.4 Å². The first-order valence-corrected chi connectivity index (χ1v) is 12.1. The van der Waals surface area contributed by atoms with Gasteiger partial charge in [0, 0.05) is 41.9 Å². The molecule has 10 heteroatoms. The third-order valence-electron chi connectivity index (χ3n) is 6.20. The van der Waals surface area contributed by atoms with E-state index < -0.39 is 23.2 Å². The second-order valence-corrected chi connectivity index (χ2v) is 9.08. The van der Waals surface area contributed by atoms with E-state index in [-0.39, 0.29) is 11.3 Å². The van der Waals surface area contributed by atoms with E-state index in [0.29, 0.717) is 35.5 Å². The van der Waals surface area contributed by atoms with Crippen LogP contribution in [0.5, 0.6) is 0 Å². The maximum absolute atomic E-state index is 13.8. The van der Waals surface area contributed by atoms with Gasteiger partial charge in [0.15, 0.2) is 17.5 Å². The fourth-order valence-corrected chi connectivity index (χ4v) is 5.09. The van der Waals surface area contributed by atoms with Crippen molar-refractivity contribution in [3.63, 3.8) is 0 Å². The first kappa shape index (κ1) is 24.0. The number of methoxy groups -OCH3 is 1. The minimum atomic E-state index is -1.62. The van der Waals surface area contributed by atoms with Gasteiger partial charge in [-0.25, -0.2) is 18.2 Å². The van der Waals surface area contributed by atoms with Crippen molar-refractivity contribution in [2.24, 2.45) is 7.05 Å². The smallest absolute Gasteiger partial charge is 0.209 e. The lowest BCUT2D eigenvalue weighted by Crippen LogP contribution is -2.07. The number of nitrogens with zero attached hydrogens (tertiary/aromatic N) is 3. The summed E-state index contributed by atoms with van der Waals surface area (Å²) < 4.78 is 49.8. The summed E-state index contributed by atoms with van der Waals surface area (Å²) in [6.07, 6.45) is 3.62. The van der Waals surface area contributed by atoms with Gasteiger partial charge in [0.2, 0.25) is 5.78 Å². The van der Waals surface area contributed by atoms with Gasteiger partial charge in [-0.05, 0) is 42.7 Å². The fourth-order valence-electron chi connectivity index (χ4n) is 4.44. The minimum absolute atomic E-state index is 0.169. The Morgan fingerprint density at radius 1 is 1.11 bits per heavy atom. The summed E-state index contributed by atoms with van der Waals surface area (Å²) in [5, 5.41) is 0. The quantitative estimate of drug-likeness (QED) is 0.140. The Morgan fingerprint density at radius 2 is 1.83 bits per heavy atom. The van der Waals surface area contributed by atoms with Crippen molar-refractivity contribution in [1.29, 1.82) is 0 Å². The number of fused-ring (bicyclic) bond motifs is 2. The molecule has 0 radical (unpaired) electrons. The van der Waals surface area contributed by atoms with E-state index in [9.17, 15) is 18.0 Å². The monoisotopic (exact) mass is 510 g/mol. The zero-order valence-corrected chi connectivity index (χ0v) is 20.4. The standard InChI is InChI=1S/C26H21F3N4O2S/c1-32-19-11-20(36-3)22(24(30)25(19)31-21(32)12-35-2)14-5-4-8-33-17(14)6-7-18(33)26(34)13-9-15(27)23(29)16(28)10-13/h4-11H,12,30H2,1-3H3. The number of hydrogen-bond acceptors (Lipinski definition) is 5. The number of thioether (sulfide) groups is 1. The summed E-state index contributed by atoms with van der Waals surface area (Å²) >= 11 is 1.53. The number of imidazole rings is 1. The van der Waals surface area contributed by atoms with E-state index >= 15 is 0 Å². The van der Waals surface area contributed by atoms with Crippen molar-refractivity contribution < 1.29 is 22.7 Å². The van der Waals surface area contributed by atoms with Gasteiger partial charge in [-0.2, -0.15) is 0 Å². The van der Waals surface area contributed by atoms with Gasteiger partial charge in [-0.15, -0.1) is 11.8 Å². The molecule has 0 aliphatic carbocycles. The molecule has 0 unspecified atom stereocenters. The second-order valence-electron chi connectivity index (χ2n) is 8.23. The molecule has 6 nitrogen and oxygen atoms in total. The van der Waals surface area contributed by atoms with Gasteiger partial charge in [0.1, 0.15) is 17.9 Å². The molecule has 3 heterocycles. The van der Waals surface area contributed by atoms with E-state index in [1.807, 2.05) is 30.0 Å². The van der Waals surface area contributed by atoms with Gasteiger partial charge < -0.3 is 19.4 Å². The van der Waals surface area contributed by atoms with Gasteiger partial charge >= 0.3 is 0 Å². The number of benzene rings is 2. The topological polar surface area (TPSA) is 74.6 Å². The van der Waals surface area contributed by atoms with Crippen LogP contribution in [0.3, 0.4) is 0 Å². The molecule has 2 aromatic carbocycles. The fraction of sp³-hybridized carbons (Fsp3) is 0.154. The normalized spacial score (nSPS) is 11.6. The first-order chi connectivity index (χ1) is 17.3. The number of anilines is 1. The predicted molar refractivity (Wildman–Crippen MR) is 134 cm³/mol. The van der Waals surface area contributed by atoms with Crippen LogP contribution < -0.4 is 5.73 Å². The van der Waals surface area contributed by atoms with E-state index in [1.165, 1.54) is 11.8 Å². The van der Waals surface area contributed by atoms with Crippen LogP contribution in [0.25, 0.3) is 27.7 Å². The molecular formula is C26H21F3N4O2S. The number of ketones is 1. The molecule has 0 saturated heterocycles. The number of hydrogen-bond donors (Lipinski definition) is 1. The van der Waals surface area contributed by atoms with E-state index in [1.54, 1.807) is 35.9 Å². The summed E-state index contributed by atoms with van der Waals surface area (Å²) in [7, 11) is 3.50. The number of halogens is 3. The number of aryl methyl sites for hydroxylation is 1. The maximum atomic E-state index is 13.8. The SMILES string of the molecule is COCc1nc2c(N)c(-c3cccn4c(C(=O)c5cc(F)c(F)c(F)c5)ccc34)c(SC)cc2n1C. The molecular weight excluding hydrogens is 489 g/mol. The Hall–Kier alpha value is -3.76. The van der Waals surface area contributed by atoms with E-state index in [4.69, 9.17) is 10.5 Å². The molecule has 0 aliphatic rings. The highest BCUT2D eigenvalue weighted by Gasteiger charge is 2.23. The maximum Gasteiger partial charge on any atom is 0.209 e. The van der Waals surface area contributed by atoms with Crippen LogP contribution in [0.4, 0.5) is 18.9 Å². The summed E-state index contributed by atoms with van der Waals surface area (Å²) in [5.74, 6) is -4.38. The van der Waals surface area contributed by atoms with Crippen molar-refractivity contribution in [3.05, 3.63) is 83.2 Å². The number of rotatable bonds is 6. The largest absolute Gasteiger partial charge is 0.396 e. The highest BCUT2D eigenvalue weighted by atomic mass is 32.2. The zero-order valence-electron chi connectivity index (χ0n) is 19.6. The molecule has 36 heavy (non-hydrogen) atoms. The van der Waals surface area contributed by atoms with Crippen LogP contribution in [0.15, 0.2) is 53.6 Å². The van der Waals surface area contributed by atoms with Gasteiger partial charge in [-0.3, -0.25) is 4.79 Å². The molecule has 2 N–H and O–H groups in total. The summed E-state index contributed by atoms with van der Waals surface area (Å²) in [5.41, 5.74) is 10.7. The van der Waals surface area contributed by atoms with Crippen LogP contribution in [-0.4, -0.2) is 33.1 Å². The molecule has 5 rings (SSSR count). The lowest BCUT2D eigenvalue weighted by molar-refractivity contribution is 0.103. The average Bonchev–Trinajstić information content (AvgIpc) is 3.44. The lowest BCUT2D eigenvalue weighted by Gasteiger charge is -2.14. The van der Waals surface area contributed by atoms with Crippen LogP contribution in [0.1, 0.15) is 21.9 Å². The van der Waals surface area contributed by atoms with Gasteiger partial charge in [0.25, 0.3) is 0 Å². The first-order valence-electron chi connectivity index (χ1n) is 10.9. The van der Waals surface area contributed by atoms with Crippen LogP contribution in [0.2, 0.25) is 0 Å². The third-order valence-corrected chi connectivity index (χ3v) is 6.97. The molecule has 5 aromatic rings. The molecule has 0 saturated carbocycles.